The maximum Gasteiger partial charge on any atom is 0.166 e. The molecule has 2 rings (SSSR count). The van der Waals surface area contributed by atoms with E-state index in [-0.39, 0.29) is 11.7 Å². The quantitative estimate of drug-likeness (QED) is 0.588. The fraction of sp³-hybridized carbons (Fsp3) is 0.429. The standard InChI is InChI=1S/C14H16N2O/c15-8-11-16-9-6-13(7-10-16)14(17)12-4-2-1-3-5-12/h1-5,13H,6-7,9-11H2. The zero-order valence-corrected chi connectivity index (χ0v) is 9.80. The third-order valence-electron chi connectivity index (χ3n) is 3.31. The van der Waals surface area contributed by atoms with Crippen LogP contribution in [0.4, 0.5) is 0 Å². The number of nitrogens with zero attached hydrogens (tertiary/aromatic N) is 2. The van der Waals surface area contributed by atoms with Crippen LogP contribution in [0.2, 0.25) is 0 Å². The summed E-state index contributed by atoms with van der Waals surface area (Å²) in [6, 6.07) is 11.6. The summed E-state index contributed by atoms with van der Waals surface area (Å²) in [6.45, 7) is 2.19. The highest BCUT2D eigenvalue weighted by Crippen LogP contribution is 2.21. The maximum absolute atomic E-state index is 12.2. The number of rotatable bonds is 3. The first kappa shape index (κ1) is 11.8. The Bertz CT molecular complexity index is 414. The second-order valence-electron chi connectivity index (χ2n) is 4.44. The van der Waals surface area contributed by atoms with Crippen LogP contribution in [0.15, 0.2) is 30.3 Å². The lowest BCUT2D eigenvalue weighted by molar-refractivity contribution is 0.0849. The normalized spacial score (nSPS) is 17.6. The highest BCUT2D eigenvalue weighted by molar-refractivity contribution is 5.97. The first-order valence-electron chi connectivity index (χ1n) is 6.00. The van der Waals surface area contributed by atoms with Gasteiger partial charge in [-0.05, 0) is 25.9 Å². The lowest BCUT2D eigenvalue weighted by Crippen LogP contribution is -2.36. The van der Waals surface area contributed by atoms with Gasteiger partial charge >= 0.3 is 0 Å². The van der Waals surface area contributed by atoms with Crippen LogP contribution in [0, 0.1) is 17.2 Å². The molecule has 1 aromatic rings. The first-order chi connectivity index (χ1) is 8.31. The number of hydrogen-bond acceptors (Lipinski definition) is 3. The molecular formula is C14H16N2O. The molecule has 0 aliphatic carbocycles. The van der Waals surface area contributed by atoms with Gasteiger partial charge in [-0.25, -0.2) is 0 Å². The van der Waals surface area contributed by atoms with Gasteiger partial charge in [-0.15, -0.1) is 0 Å². The van der Waals surface area contributed by atoms with Crippen molar-refractivity contribution in [1.82, 2.24) is 4.90 Å². The third-order valence-corrected chi connectivity index (χ3v) is 3.31. The molecule has 1 aliphatic heterocycles. The number of Topliss-reactive ketones (excluding diaryl/α,β-unsaturated/α-hetero) is 1. The molecule has 0 spiro atoms. The van der Waals surface area contributed by atoms with Gasteiger partial charge in [-0.2, -0.15) is 5.26 Å². The fourth-order valence-electron chi connectivity index (χ4n) is 2.29. The molecule has 3 heteroatoms. The number of carbonyl (C=O) groups is 1. The van der Waals surface area contributed by atoms with E-state index in [0.717, 1.165) is 31.5 Å². The van der Waals surface area contributed by atoms with Gasteiger partial charge in [-0.3, -0.25) is 9.69 Å². The molecule has 1 aliphatic rings. The van der Waals surface area contributed by atoms with Crippen molar-refractivity contribution in [2.45, 2.75) is 12.8 Å². The van der Waals surface area contributed by atoms with Crippen LogP contribution in [0.3, 0.4) is 0 Å². The Morgan fingerprint density at radius 1 is 1.29 bits per heavy atom. The highest BCUT2D eigenvalue weighted by atomic mass is 16.1. The Balaban J connectivity index is 1.93. The van der Waals surface area contributed by atoms with E-state index < -0.39 is 0 Å². The molecule has 0 amide bonds. The van der Waals surface area contributed by atoms with Crippen LogP contribution in [0.25, 0.3) is 0 Å². The van der Waals surface area contributed by atoms with E-state index in [1.165, 1.54) is 0 Å². The molecule has 17 heavy (non-hydrogen) atoms. The maximum atomic E-state index is 12.2. The minimum Gasteiger partial charge on any atom is -0.294 e. The summed E-state index contributed by atoms with van der Waals surface area (Å²) in [4.78, 5) is 14.3. The van der Waals surface area contributed by atoms with E-state index in [9.17, 15) is 4.79 Å². The smallest absolute Gasteiger partial charge is 0.166 e. The Morgan fingerprint density at radius 3 is 2.53 bits per heavy atom. The SMILES string of the molecule is N#CCN1CCC(C(=O)c2ccccc2)CC1. The van der Waals surface area contributed by atoms with E-state index in [1.807, 2.05) is 30.3 Å². The molecule has 0 unspecified atom stereocenters. The Morgan fingerprint density at radius 2 is 1.94 bits per heavy atom. The number of nitriles is 1. The number of ketones is 1. The molecule has 0 N–H and O–H groups in total. The molecule has 1 aromatic carbocycles. The Kier molecular flexibility index (Phi) is 3.89. The zero-order valence-electron chi connectivity index (χ0n) is 9.80. The molecule has 0 bridgehead atoms. The summed E-state index contributed by atoms with van der Waals surface area (Å²) in [5.74, 6) is 0.384. The minimum absolute atomic E-state index is 0.132. The number of carbonyl (C=O) groups excluding carboxylic acids is 1. The van der Waals surface area contributed by atoms with Crippen molar-refractivity contribution < 1.29 is 4.79 Å². The van der Waals surface area contributed by atoms with Gasteiger partial charge in [0.15, 0.2) is 5.78 Å². The van der Waals surface area contributed by atoms with Crippen molar-refractivity contribution in [1.29, 1.82) is 5.26 Å². The Hall–Kier alpha value is -1.66. The van der Waals surface area contributed by atoms with Crippen molar-refractivity contribution in [3.05, 3.63) is 35.9 Å². The molecule has 88 valence electrons. The number of piperidine rings is 1. The van der Waals surface area contributed by atoms with Crippen LogP contribution in [0.1, 0.15) is 23.2 Å². The second kappa shape index (κ2) is 5.60. The first-order valence-corrected chi connectivity index (χ1v) is 6.00. The van der Waals surface area contributed by atoms with Crippen molar-refractivity contribution >= 4 is 5.78 Å². The molecule has 1 fully saturated rings. The summed E-state index contributed by atoms with van der Waals surface area (Å²) in [5.41, 5.74) is 0.811. The van der Waals surface area contributed by atoms with Crippen LogP contribution in [0.5, 0.6) is 0 Å². The monoisotopic (exact) mass is 228 g/mol. The van der Waals surface area contributed by atoms with Crippen molar-refractivity contribution in [2.24, 2.45) is 5.92 Å². The van der Waals surface area contributed by atoms with E-state index in [2.05, 4.69) is 11.0 Å². The summed E-state index contributed by atoms with van der Waals surface area (Å²) in [7, 11) is 0. The summed E-state index contributed by atoms with van der Waals surface area (Å²) in [5, 5.41) is 8.61. The van der Waals surface area contributed by atoms with E-state index >= 15 is 0 Å². The third kappa shape index (κ3) is 2.92. The van der Waals surface area contributed by atoms with Gasteiger partial charge in [0.2, 0.25) is 0 Å². The lowest BCUT2D eigenvalue weighted by atomic mass is 9.89. The molecular weight excluding hydrogens is 212 g/mol. The lowest BCUT2D eigenvalue weighted by Gasteiger charge is -2.29. The molecule has 3 nitrogen and oxygen atoms in total. The van der Waals surface area contributed by atoms with Crippen LogP contribution < -0.4 is 0 Å². The second-order valence-corrected chi connectivity index (χ2v) is 4.44. The van der Waals surface area contributed by atoms with E-state index in [4.69, 9.17) is 5.26 Å². The molecule has 0 saturated carbocycles. The Labute approximate surface area is 102 Å². The predicted molar refractivity (Wildman–Crippen MR) is 65.5 cm³/mol. The molecule has 1 saturated heterocycles. The van der Waals surface area contributed by atoms with Gasteiger partial charge in [0, 0.05) is 11.5 Å². The topological polar surface area (TPSA) is 44.1 Å². The summed E-state index contributed by atoms with van der Waals surface area (Å²) < 4.78 is 0. The number of hydrogen-bond donors (Lipinski definition) is 0. The van der Waals surface area contributed by atoms with Crippen LogP contribution in [-0.2, 0) is 0 Å². The van der Waals surface area contributed by atoms with Gasteiger partial charge < -0.3 is 0 Å². The average molecular weight is 228 g/mol. The minimum atomic E-state index is 0.132. The summed E-state index contributed by atoms with van der Waals surface area (Å²) >= 11 is 0. The van der Waals surface area contributed by atoms with E-state index in [0.29, 0.717) is 6.54 Å². The fourth-order valence-corrected chi connectivity index (χ4v) is 2.29. The molecule has 0 aromatic heterocycles. The van der Waals surface area contributed by atoms with Gasteiger partial charge in [0.05, 0.1) is 12.6 Å². The summed E-state index contributed by atoms with van der Waals surface area (Å²) in [6.07, 6.45) is 1.74. The average Bonchev–Trinajstić information content (AvgIpc) is 2.40. The zero-order chi connectivity index (χ0) is 12.1. The predicted octanol–water partition coefficient (Wildman–Crippen LogP) is 2.10. The number of benzene rings is 1. The van der Waals surface area contributed by atoms with Gasteiger partial charge in [0.1, 0.15) is 0 Å². The van der Waals surface area contributed by atoms with Crippen molar-refractivity contribution in [3.63, 3.8) is 0 Å². The molecule has 1 heterocycles. The van der Waals surface area contributed by atoms with Crippen molar-refractivity contribution in [3.8, 4) is 6.07 Å². The van der Waals surface area contributed by atoms with Crippen molar-refractivity contribution in [2.75, 3.05) is 19.6 Å². The molecule has 0 atom stereocenters. The largest absolute Gasteiger partial charge is 0.294 e. The van der Waals surface area contributed by atoms with E-state index in [1.54, 1.807) is 0 Å². The van der Waals surface area contributed by atoms with Gasteiger partial charge in [-0.1, -0.05) is 30.3 Å². The van der Waals surface area contributed by atoms with Crippen LogP contribution >= 0.6 is 0 Å². The van der Waals surface area contributed by atoms with Crippen LogP contribution in [-0.4, -0.2) is 30.3 Å². The number of likely N-dealkylation sites (tertiary alicyclic amines) is 1. The highest BCUT2D eigenvalue weighted by Gasteiger charge is 2.25. The van der Waals surface area contributed by atoms with Gasteiger partial charge in [0.25, 0.3) is 0 Å². The molecule has 0 radical (unpaired) electrons.